The first-order chi connectivity index (χ1) is 12.5. The van der Waals surface area contributed by atoms with Gasteiger partial charge >= 0.3 is 0 Å². The molecule has 1 aromatic carbocycles. The van der Waals surface area contributed by atoms with Crippen molar-refractivity contribution in [2.24, 2.45) is 0 Å². The largest absolute Gasteiger partial charge is 0.377 e. The highest BCUT2D eigenvalue weighted by Gasteiger charge is 2.21. The molecule has 2 aliphatic rings. The van der Waals surface area contributed by atoms with E-state index in [2.05, 4.69) is 10.2 Å². The van der Waals surface area contributed by atoms with Gasteiger partial charge in [0, 0.05) is 43.4 Å². The molecule has 0 bridgehead atoms. The van der Waals surface area contributed by atoms with Crippen LogP contribution in [0.15, 0.2) is 29.2 Å². The summed E-state index contributed by atoms with van der Waals surface area (Å²) in [5.41, 5.74) is 0.691. The lowest BCUT2D eigenvalue weighted by atomic mass is 10.2. The second kappa shape index (κ2) is 9.21. The van der Waals surface area contributed by atoms with Gasteiger partial charge in [-0.3, -0.25) is 9.69 Å². The number of carbonyl (C=O) groups is 1. The quantitative estimate of drug-likeness (QED) is 0.700. The van der Waals surface area contributed by atoms with E-state index in [0.29, 0.717) is 31.7 Å². The Morgan fingerprint density at radius 3 is 2.77 bits per heavy atom. The van der Waals surface area contributed by atoms with Crippen LogP contribution in [-0.2, 0) is 14.6 Å². The summed E-state index contributed by atoms with van der Waals surface area (Å²) in [6.07, 6.45) is 2.49. The molecule has 1 amide bonds. The average Bonchev–Trinajstić information content (AvgIpc) is 3.15. The number of thioether (sulfide) groups is 1. The number of rotatable bonds is 7. The van der Waals surface area contributed by atoms with Crippen molar-refractivity contribution in [3.63, 3.8) is 0 Å². The van der Waals surface area contributed by atoms with Crippen LogP contribution in [0.5, 0.6) is 0 Å². The Kier molecular flexibility index (Phi) is 6.97. The zero-order valence-electron chi connectivity index (χ0n) is 14.9. The summed E-state index contributed by atoms with van der Waals surface area (Å²) in [5.74, 6) is 1.21. The van der Waals surface area contributed by atoms with Gasteiger partial charge < -0.3 is 10.1 Å². The zero-order valence-corrected chi connectivity index (χ0v) is 16.5. The van der Waals surface area contributed by atoms with Crippen molar-refractivity contribution in [2.45, 2.75) is 23.8 Å². The smallest absolute Gasteiger partial charge is 0.252 e. The molecule has 0 spiro atoms. The fraction of sp³-hybridized carbons (Fsp3) is 0.611. The summed E-state index contributed by atoms with van der Waals surface area (Å²) in [6.45, 7) is 3.12. The summed E-state index contributed by atoms with van der Waals surface area (Å²) in [5, 5.41) is 2.96. The number of nitrogens with zero attached hydrogens (tertiary/aromatic N) is 1. The van der Waals surface area contributed by atoms with E-state index in [4.69, 9.17) is 4.74 Å². The molecule has 26 heavy (non-hydrogen) atoms. The van der Waals surface area contributed by atoms with E-state index in [1.165, 1.54) is 0 Å². The SMILES string of the molecule is O=C(NCCN1CCS(=O)(=O)CC1)c1ccccc1SC[C@@H]1CCCO1. The fourth-order valence-electron chi connectivity index (χ4n) is 3.14. The Hall–Kier alpha value is -1.09. The van der Waals surface area contributed by atoms with E-state index >= 15 is 0 Å². The highest BCUT2D eigenvalue weighted by atomic mass is 32.2. The molecule has 2 aliphatic heterocycles. The molecule has 6 nitrogen and oxygen atoms in total. The summed E-state index contributed by atoms with van der Waals surface area (Å²) >= 11 is 1.67. The second-order valence-electron chi connectivity index (χ2n) is 6.69. The Bertz CT molecular complexity index is 704. The van der Waals surface area contributed by atoms with Crippen molar-refractivity contribution in [2.75, 3.05) is 50.0 Å². The molecule has 1 atom stereocenters. The normalized spacial score (nSPS) is 23.0. The van der Waals surface area contributed by atoms with Gasteiger partial charge in [0.15, 0.2) is 9.84 Å². The molecule has 0 saturated carbocycles. The van der Waals surface area contributed by atoms with Crippen LogP contribution in [0.25, 0.3) is 0 Å². The van der Waals surface area contributed by atoms with Crippen LogP contribution in [-0.4, -0.2) is 75.4 Å². The predicted molar refractivity (Wildman–Crippen MR) is 104 cm³/mol. The van der Waals surface area contributed by atoms with Gasteiger partial charge in [-0.05, 0) is 25.0 Å². The highest BCUT2D eigenvalue weighted by molar-refractivity contribution is 7.99. The number of carbonyl (C=O) groups excluding carboxylic acids is 1. The molecule has 1 N–H and O–H groups in total. The minimum Gasteiger partial charge on any atom is -0.377 e. The predicted octanol–water partition coefficient (Wildman–Crippen LogP) is 1.42. The lowest BCUT2D eigenvalue weighted by Gasteiger charge is -2.26. The van der Waals surface area contributed by atoms with Gasteiger partial charge in [0.05, 0.1) is 23.2 Å². The maximum atomic E-state index is 12.5. The molecular weight excluding hydrogens is 372 g/mol. The number of sulfone groups is 1. The van der Waals surface area contributed by atoms with Gasteiger partial charge in [-0.15, -0.1) is 11.8 Å². The Labute approximate surface area is 159 Å². The molecule has 1 aromatic rings. The number of ether oxygens (including phenoxy) is 1. The topological polar surface area (TPSA) is 75.7 Å². The van der Waals surface area contributed by atoms with E-state index < -0.39 is 9.84 Å². The molecule has 2 saturated heterocycles. The van der Waals surface area contributed by atoms with E-state index in [-0.39, 0.29) is 23.5 Å². The minimum atomic E-state index is -2.86. The van der Waals surface area contributed by atoms with Crippen molar-refractivity contribution >= 4 is 27.5 Å². The lowest BCUT2D eigenvalue weighted by molar-refractivity contribution is 0.0945. The molecule has 2 heterocycles. The van der Waals surface area contributed by atoms with E-state index in [9.17, 15) is 13.2 Å². The van der Waals surface area contributed by atoms with Crippen LogP contribution in [0.4, 0.5) is 0 Å². The summed E-state index contributed by atoms with van der Waals surface area (Å²) < 4.78 is 28.6. The van der Waals surface area contributed by atoms with Gasteiger partial charge in [0.25, 0.3) is 5.91 Å². The Balaban J connectivity index is 1.46. The lowest BCUT2D eigenvalue weighted by Crippen LogP contribution is -2.43. The first-order valence-electron chi connectivity index (χ1n) is 9.08. The second-order valence-corrected chi connectivity index (χ2v) is 10.1. The minimum absolute atomic E-state index is 0.0786. The van der Waals surface area contributed by atoms with Gasteiger partial charge in [-0.25, -0.2) is 8.42 Å². The van der Waals surface area contributed by atoms with Crippen molar-refractivity contribution in [3.8, 4) is 0 Å². The molecule has 2 fully saturated rings. The molecular formula is C18H26N2O4S2. The highest BCUT2D eigenvalue weighted by Crippen LogP contribution is 2.26. The van der Waals surface area contributed by atoms with Gasteiger partial charge in [0.1, 0.15) is 0 Å². The molecule has 144 valence electrons. The van der Waals surface area contributed by atoms with Crippen LogP contribution in [0.1, 0.15) is 23.2 Å². The van der Waals surface area contributed by atoms with Crippen molar-refractivity contribution in [3.05, 3.63) is 29.8 Å². The van der Waals surface area contributed by atoms with Crippen molar-refractivity contribution in [1.82, 2.24) is 10.2 Å². The third-order valence-electron chi connectivity index (χ3n) is 4.73. The maximum absolute atomic E-state index is 12.5. The average molecular weight is 399 g/mol. The standard InChI is InChI=1S/C18H26N2O4S2/c21-18(19-7-8-20-9-12-26(22,23)13-10-20)16-5-1-2-6-17(16)25-14-15-4-3-11-24-15/h1-2,5-6,15H,3-4,7-14H2,(H,19,21)/t15-/m0/s1. The first-order valence-corrected chi connectivity index (χ1v) is 11.9. The van der Waals surface area contributed by atoms with Gasteiger partial charge in [-0.1, -0.05) is 12.1 Å². The maximum Gasteiger partial charge on any atom is 0.252 e. The molecule has 8 heteroatoms. The van der Waals surface area contributed by atoms with Gasteiger partial charge in [-0.2, -0.15) is 0 Å². The van der Waals surface area contributed by atoms with Crippen LogP contribution < -0.4 is 5.32 Å². The van der Waals surface area contributed by atoms with E-state index in [1.807, 2.05) is 24.3 Å². The third-order valence-corrected chi connectivity index (χ3v) is 7.55. The van der Waals surface area contributed by atoms with E-state index in [1.54, 1.807) is 11.8 Å². The number of hydrogen-bond donors (Lipinski definition) is 1. The van der Waals surface area contributed by atoms with Crippen LogP contribution >= 0.6 is 11.8 Å². The Morgan fingerprint density at radius 2 is 2.04 bits per heavy atom. The van der Waals surface area contributed by atoms with Crippen LogP contribution in [0, 0.1) is 0 Å². The van der Waals surface area contributed by atoms with Crippen LogP contribution in [0.2, 0.25) is 0 Å². The first kappa shape index (κ1) is 19.7. The molecule has 0 aliphatic carbocycles. The molecule has 3 rings (SSSR count). The summed E-state index contributed by atoms with van der Waals surface area (Å²) in [7, 11) is -2.86. The summed E-state index contributed by atoms with van der Waals surface area (Å²) in [6, 6.07) is 7.65. The van der Waals surface area contributed by atoms with Crippen LogP contribution in [0.3, 0.4) is 0 Å². The molecule has 0 radical (unpaired) electrons. The number of benzene rings is 1. The number of nitrogens with one attached hydrogen (secondary N) is 1. The third kappa shape index (κ3) is 5.70. The summed E-state index contributed by atoms with van der Waals surface area (Å²) in [4.78, 5) is 15.6. The number of amides is 1. The monoisotopic (exact) mass is 398 g/mol. The zero-order chi connectivity index (χ0) is 18.4. The molecule has 0 aromatic heterocycles. The molecule has 0 unspecified atom stereocenters. The van der Waals surface area contributed by atoms with Crippen molar-refractivity contribution in [1.29, 1.82) is 0 Å². The number of hydrogen-bond acceptors (Lipinski definition) is 6. The Morgan fingerprint density at radius 1 is 1.27 bits per heavy atom. The van der Waals surface area contributed by atoms with E-state index in [0.717, 1.165) is 30.1 Å². The van der Waals surface area contributed by atoms with Crippen molar-refractivity contribution < 1.29 is 17.9 Å². The van der Waals surface area contributed by atoms with Gasteiger partial charge in [0.2, 0.25) is 0 Å². The fourth-order valence-corrected chi connectivity index (χ4v) is 5.53.